The van der Waals surface area contributed by atoms with Crippen LogP contribution in [0.25, 0.3) is 0 Å². The molecule has 1 aliphatic heterocycles. The Kier molecular flexibility index (Phi) is 6.68. The summed E-state index contributed by atoms with van der Waals surface area (Å²) in [6, 6.07) is 2.56. The molecule has 1 saturated heterocycles. The van der Waals surface area contributed by atoms with Gasteiger partial charge in [-0.15, -0.1) is 0 Å². The van der Waals surface area contributed by atoms with Crippen molar-refractivity contribution in [3.63, 3.8) is 0 Å². The van der Waals surface area contributed by atoms with Crippen molar-refractivity contribution < 1.29 is 4.79 Å². The summed E-state index contributed by atoms with van der Waals surface area (Å²) in [5.41, 5.74) is 2.42. The standard InChI is InChI=1S/C16H26N4O/c17-10-9-16(21)19-18-13-14-5-4-6-15(8-7-14)20-11-2-1-3-12-20/h13-15H,1-9,11-12H2,(H,19,21)/b18-13-/t14-,15-/m1/s1. The normalized spacial score (nSPS) is 28.0. The highest BCUT2D eigenvalue weighted by Crippen LogP contribution is 2.27. The van der Waals surface area contributed by atoms with Gasteiger partial charge in [0.1, 0.15) is 6.42 Å². The van der Waals surface area contributed by atoms with Gasteiger partial charge in [0.25, 0.3) is 5.91 Å². The SMILES string of the molecule is N#CCC(=O)N/N=C\[C@@H]1CCC[C@@H](N2CCCCC2)CC1. The van der Waals surface area contributed by atoms with Crippen molar-refractivity contribution in [2.45, 2.75) is 63.8 Å². The third kappa shape index (κ3) is 5.47. The Bertz CT molecular complexity index is 396. The molecule has 1 heterocycles. The highest BCUT2D eigenvalue weighted by atomic mass is 16.2. The molecule has 0 aromatic heterocycles. The van der Waals surface area contributed by atoms with Crippen molar-refractivity contribution in [2.75, 3.05) is 13.1 Å². The first-order chi connectivity index (χ1) is 10.3. The number of nitriles is 1. The second-order valence-electron chi connectivity index (χ2n) is 6.17. The molecule has 5 heteroatoms. The molecule has 21 heavy (non-hydrogen) atoms. The number of hydrazone groups is 1. The van der Waals surface area contributed by atoms with E-state index in [9.17, 15) is 4.79 Å². The zero-order valence-corrected chi connectivity index (χ0v) is 12.8. The zero-order valence-electron chi connectivity index (χ0n) is 12.8. The number of amides is 1. The lowest BCUT2D eigenvalue weighted by Crippen LogP contribution is -2.38. The van der Waals surface area contributed by atoms with E-state index in [1.54, 1.807) is 0 Å². The predicted molar refractivity (Wildman–Crippen MR) is 82.7 cm³/mol. The second kappa shape index (κ2) is 8.78. The van der Waals surface area contributed by atoms with Gasteiger partial charge in [0.05, 0.1) is 6.07 Å². The maximum Gasteiger partial charge on any atom is 0.254 e. The number of hydrogen-bond acceptors (Lipinski definition) is 4. The minimum atomic E-state index is -0.325. The van der Waals surface area contributed by atoms with E-state index in [0.29, 0.717) is 5.92 Å². The second-order valence-corrected chi connectivity index (χ2v) is 6.17. The third-order valence-electron chi connectivity index (χ3n) is 4.60. The number of likely N-dealkylation sites (tertiary alicyclic amines) is 1. The lowest BCUT2D eigenvalue weighted by atomic mass is 10.0. The van der Waals surface area contributed by atoms with Crippen LogP contribution in [0.4, 0.5) is 0 Å². The van der Waals surface area contributed by atoms with E-state index in [1.807, 2.05) is 12.3 Å². The summed E-state index contributed by atoms with van der Waals surface area (Å²) in [5.74, 6) is 0.135. The van der Waals surface area contributed by atoms with Gasteiger partial charge < -0.3 is 4.90 Å². The quantitative estimate of drug-likeness (QED) is 0.491. The Morgan fingerprint density at radius 2 is 2.00 bits per heavy atom. The van der Waals surface area contributed by atoms with Crippen molar-refractivity contribution >= 4 is 12.1 Å². The molecule has 2 rings (SSSR count). The fraction of sp³-hybridized carbons (Fsp3) is 0.812. The van der Waals surface area contributed by atoms with Crippen LogP contribution in [0.15, 0.2) is 5.10 Å². The van der Waals surface area contributed by atoms with Crippen molar-refractivity contribution in [3.8, 4) is 6.07 Å². The molecule has 0 bridgehead atoms. The van der Waals surface area contributed by atoms with Gasteiger partial charge >= 0.3 is 0 Å². The molecule has 1 aliphatic carbocycles. The van der Waals surface area contributed by atoms with E-state index >= 15 is 0 Å². The fourth-order valence-corrected chi connectivity index (χ4v) is 3.43. The molecule has 2 aliphatic rings. The molecule has 0 radical (unpaired) electrons. The van der Waals surface area contributed by atoms with Gasteiger partial charge in [-0.25, -0.2) is 5.43 Å². The van der Waals surface area contributed by atoms with E-state index in [2.05, 4.69) is 15.4 Å². The van der Waals surface area contributed by atoms with E-state index in [4.69, 9.17) is 5.26 Å². The van der Waals surface area contributed by atoms with Crippen LogP contribution in [0.2, 0.25) is 0 Å². The monoisotopic (exact) mass is 290 g/mol. The number of nitrogens with zero attached hydrogens (tertiary/aromatic N) is 3. The van der Waals surface area contributed by atoms with Gasteiger partial charge in [0, 0.05) is 12.3 Å². The van der Waals surface area contributed by atoms with Crippen LogP contribution in [0, 0.1) is 17.2 Å². The molecule has 2 fully saturated rings. The maximum atomic E-state index is 11.2. The van der Waals surface area contributed by atoms with Gasteiger partial charge in [0.15, 0.2) is 0 Å². The molecule has 0 spiro atoms. The average molecular weight is 290 g/mol. The summed E-state index contributed by atoms with van der Waals surface area (Å²) in [6.07, 6.45) is 11.9. The molecule has 1 saturated carbocycles. The topological polar surface area (TPSA) is 68.5 Å². The Morgan fingerprint density at radius 1 is 1.19 bits per heavy atom. The van der Waals surface area contributed by atoms with Gasteiger partial charge in [0.2, 0.25) is 0 Å². The summed E-state index contributed by atoms with van der Waals surface area (Å²) in [5, 5.41) is 12.4. The van der Waals surface area contributed by atoms with Crippen LogP contribution in [0.5, 0.6) is 0 Å². The Hall–Kier alpha value is -1.41. The van der Waals surface area contributed by atoms with E-state index in [1.165, 1.54) is 51.6 Å². The molecule has 1 N–H and O–H groups in total. The Morgan fingerprint density at radius 3 is 2.76 bits per heavy atom. The number of carbonyl (C=O) groups is 1. The molecule has 5 nitrogen and oxygen atoms in total. The molecule has 116 valence electrons. The molecule has 1 amide bonds. The Labute approximate surface area is 127 Å². The molecule has 0 aromatic carbocycles. The zero-order chi connectivity index (χ0) is 14.9. The molecule has 0 unspecified atom stereocenters. The number of carbonyl (C=O) groups excluding carboxylic acids is 1. The van der Waals surface area contributed by atoms with Crippen LogP contribution in [-0.2, 0) is 4.79 Å². The van der Waals surface area contributed by atoms with Gasteiger partial charge in [-0.1, -0.05) is 12.8 Å². The predicted octanol–water partition coefficient (Wildman–Crippen LogP) is 2.44. The first-order valence-electron chi connectivity index (χ1n) is 8.22. The molecule has 0 aromatic rings. The summed E-state index contributed by atoms with van der Waals surface area (Å²) >= 11 is 0. The first-order valence-corrected chi connectivity index (χ1v) is 8.22. The summed E-state index contributed by atoms with van der Waals surface area (Å²) in [7, 11) is 0. The van der Waals surface area contributed by atoms with Crippen molar-refractivity contribution in [3.05, 3.63) is 0 Å². The number of piperidine rings is 1. The Balaban J connectivity index is 1.74. The number of hydrogen-bond donors (Lipinski definition) is 1. The van der Waals surface area contributed by atoms with Gasteiger partial charge in [-0.05, 0) is 57.5 Å². The van der Waals surface area contributed by atoms with Crippen LogP contribution < -0.4 is 5.43 Å². The smallest absolute Gasteiger partial charge is 0.254 e. The molecular weight excluding hydrogens is 264 g/mol. The molecular formula is C16H26N4O. The van der Waals surface area contributed by atoms with Crippen molar-refractivity contribution in [2.24, 2.45) is 11.0 Å². The highest BCUT2D eigenvalue weighted by Gasteiger charge is 2.24. The minimum absolute atomic E-state index is 0.126. The number of rotatable bonds is 4. The van der Waals surface area contributed by atoms with Crippen LogP contribution in [-0.4, -0.2) is 36.2 Å². The van der Waals surface area contributed by atoms with Crippen molar-refractivity contribution in [1.29, 1.82) is 5.26 Å². The van der Waals surface area contributed by atoms with Gasteiger partial charge in [-0.2, -0.15) is 10.4 Å². The van der Waals surface area contributed by atoms with Crippen LogP contribution in [0.1, 0.15) is 57.8 Å². The van der Waals surface area contributed by atoms with Crippen molar-refractivity contribution in [1.82, 2.24) is 10.3 Å². The fourth-order valence-electron chi connectivity index (χ4n) is 3.43. The number of nitrogens with one attached hydrogen (secondary N) is 1. The van der Waals surface area contributed by atoms with E-state index in [0.717, 1.165) is 18.9 Å². The maximum absolute atomic E-state index is 11.2. The van der Waals surface area contributed by atoms with E-state index in [-0.39, 0.29) is 12.3 Å². The summed E-state index contributed by atoms with van der Waals surface area (Å²) in [4.78, 5) is 13.8. The largest absolute Gasteiger partial charge is 0.300 e. The first kappa shape index (κ1) is 16.0. The van der Waals surface area contributed by atoms with E-state index < -0.39 is 0 Å². The highest BCUT2D eigenvalue weighted by molar-refractivity contribution is 5.78. The molecule has 2 atom stereocenters. The lowest BCUT2D eigenvalue weighted by molar-refractivity contribution is -0.120. The average Bonchev–Trinajstić information content (AvgIpc) is 2.74. The van der Waals surface area contributed by atoms with Crippen LogP contribution in [0.3, 0.4) is 0 Å². The summed E-state index contributed by atoms with van der Waals surface area (Å²) < 4.78 is 0. The van der Waals surface area contributed by atoms with Gasteiger partial charge in [-0.3, -0.25) is 4.79 Å². The van der Waals surface area contributed by atoms with Crippen LogP contribution >= 0.6 is 0 Å². The third-order valence-corrected chi connectivity index (χ3v) is 4.60. The lowest BCUT2D eigenvalue weighted by Gasteiger charge is -2.34. The minimum Gasteiger partial charge on any atom is -0.300 e. The summed E-state index contributed by atoms with van der Waals surface area (Å²) in [6.45, 7) is 2.54.